The van der Waals surface area contributed by atoms with E-state index in [0.717, 1.165) is 23.9 Å². The summed E-state index contributed by atoms with van der Waals surface area (Å²) < 4.78 is 5.36. The Labute approximate surface area is 103 Å². The third-order valence-electron chi connectivity index (χ3n) is 3.38. The van der Waals surface area contributed by atoms with E-state index in [1.54, 1.807) is 6.07 Å². The second kappa shape index (κ2) is 5.41. The molecular formula is C14H21NO2. The molecule has 3 heteroatoms. The van der Waals surface area contributed by atoms with Crippen molar-refractivity contribution in [2.75, 3.05) is 13.2 Å². The molecule has 1 saturated carbocycles. The van der Waals surface area contributed by atoms with Gasteiger partial charge >= 0.3 is 0 Å². The Morgan fingerprint density at radius 2 is 2.24 bits per heavy atom. The lowest BCUT2D eigenvalue weighted by Crippen LogP contribution is -2.16. The van der Waals surface area contributed by atoms with Gasteiger partial charge in [0.2, 0.25) is 0 Å². The summed E-state index contributed by atoms with van der Waals surface area (Å²) >= 11 is 0. The van der Waals surface area contributed by atoms with Crippen molar-refractivity contribution in [2.24, 2.45) is 11.8 Å². The van der Waals surface area contributed by atoms with E-state index in [9.17, 15) is 5.11 Å². The van der Waals surface area contributed by atoms with Crippen molar-refractivity contribution in [3.63, 3.8) is 0 Å². The van der Waals surface area contributed by atoms with Crippen LogP contribution in [0.4, 0.5) is 0 Å². The molecule has 17 heavy (non-hydrogen) atoms. The molecule has 0 radical (unpaired) electrons. The molecule has 0 bridgehead atoms. The average molecular weight is 235 g/mol. The van der Waals surface area contributed by atoms with Gasteiger partial charge < -0.3 is 15.2 Å². The first-order valence-electron chi connectivity index (χ1n) is 6.36. The highest BCUT2D eigenvalue weighted by atomic mass is 16.5. The molecule has 0 heterocycles. The number of hydrogen-bond donors (Lipinski definition) is 2. The van der Waals surface area contributed by atoms with Gasteiger partial charge in [0.05, 0.1) is 6.61 Å². The Balaban J connectivity index is 1.88. The third kappa shape index (κ3) is 3.13. The zero-order chi connectivity index (χ0) is 12.3. The number of aromatic hydroxyl groups is 1. The van der Waals surface area contributed by atoms with Gasteiger partial charge in [0, 0.05) is 12.1 Å². The summed E-state index contributed by atoms with van der Waals surface area (Å²) in [4.78, 5) is 0. The molecule has 0 spiro atoms. The van der Waals surface area contributed by atoms with Gasteiger partial charge in [-0.1, -0.05) is 19.1 Å². The summed E-state index contributed by atoms with van der Waals surface area (Å²) in [5.41, 5.74) is 0.907. The Bertz CT molecular complexity index is 378. The number of ether oxygens (including phenoxy) is 1. The summed E-state index contributed by atoms with van der Waals surface area (Å²) in [6.45, 7) is 6.51. The molecule has 0 amide bonds. The van der Waals surface area contributed by atoms with E-state index in [2.05, 4.69) is 12.2 Å². The normalized spacial score (nSPS) is 22.5. The van der Waals surface area contributed by atoms with E-state index in [4.69, 9.17) is 4.74 Å². The van der Waals surface area contributed by atoms with Gasteiger partial charge in [-0.15, -0.1) is 0 Å². The Hall–Kier alpha value is -1.22. The number of benzene rings is 1. The van der Waals surface area contributed by atoms with Gasteiger partial charge in [-0.25, -0.2) is 0 Å². The predicted octanol–water partition coefficient (Wildman–Crippen LogP) is 2.54. The lowest BCUT2D eigenvalue weighted by Gasteiger charge is -2.10. The van der Waals surface area contributed by atoms with E-state index in [1.807, 2.05) is 19.1 Å². The summed E-state index contributed by atoms with van der Waals surface area (Å²) in [6, 6.07) is 5.65. The minimum Gasteiger partial charge on any atom is -0.504 e. The van der Waals surface area contributed by atoms with Gasteiger partial charge in [0.1, 0.15) is 0 Å². The number of rotatable bonds is 6. The molecule has 0 aromatic heterocycles. The highest BCUT2D eigenvalue weighted by Crippen LogP contribution is 2.37. The fourth-order valence-electron chi connectivity index (χ4n) is 2.06. The van der Waals surface area contributed by atoms with Gasteiger partial charge in [0.15, 0.2) is 11.5 Å². The van der Waals surface area contributed by atoms with Crippen LogP contribution in [0.2, 0.25) is 0 Å². The van der Waals surface area contributed by atoms with Crippen LogP contribution in [0.1, 0.15) is 25.8 Å². The number of phenolic OH excluding ortho intramolecular Hbond substituents is 1. The summed E-state index contributed by atoms with van der Waals surface area (Å²) in [7, 11) is 0. The van der Waals surface area contributed by atoms with Crippen LogP contribution >= 0.6 is 0 Å². The molecule has 2 N–H and O–H groups in total. The molecule has 2 rings (SSSR count). The molecule has 1 aliphatic rings. The highest BCUT2D eigenvalue weighted by molar-refractivity contribution is 5.45. The van der Waals surface area contributed by atoms with Crippen molar-refractivity contribution in [2.45, 2.75) is 26.8 Å². The van der Waals surface area contributed by atoms with Gasteiger partial charge in [-0.05, 0) is 37.8 Å². The molecule has 1 aromatic carbocycles. The summed E-state index contributed by atoms with van der Waals surface area (Å²) in [6.07, 6.45) is 1.33. The fraction of sp³-hybridized carbons (Fsp3) is 0.571. The minimum atomic E-state index is 0.269. The van der Waals surface area contributed by atoms with Gasteiger partial charge in [-0.2, -0.15) is 0 Å². The van der Waals surface area contributed by atoms with Crippen molar-refractivity contribution in [3.05, 3.63) is 23.8 Å². The van der Waals surface area contributed by atoms with Crippen LogP contribution in [0.15, 0.2) is 18.2 Å². The lowest BCUT2D eigenvalue weighted by molar-refractivity contribution is 0.316. The quantitative estimate of drug-likeness (QED) is 0.796. The molecule has 1 aromatic rings. The third-order valence-corrected chi connectivity index (χ3v) is 3.38. The van der Waals surface area contributed by atoms with Crippen LogP contribution in [-0.4, -0.2) is 18.3 Å². The van der Waals surface area contributed by atoms with E-state index < -0.39 is 0 Å². The van der Waals surface area contributed by atoms with Gasteiger partial charge in [-0.3, -0.25) is 0 Å². The summed E-state index contributed by atoms with van der Waals surface area (Å²) in [5.74, 6) is 2.54. The first kappa shape index (κ1) is 12.2. The molecular weight excluding hydrogens is 214 g/mol. The molecule has 0 aliphatic heterocycles. The van der Waals surface area contributed by atoms with Crippen LogP contribution in [0.5, 0.6) is 11.5 Å². The molecule has 1 aliphatic carbocycles. The first-order chi connectivity index (χ1) is 8.22. The topological polar surface area (TPSA) is 41.5 Å². The average Bonchev–Trinajstić information content (AvgIpc) is 3.00. The van der Waals surface area contributed by atoms with Crippen LogP contribution < -0.4 is 10.1 Å². The number of para-hydroxylation sites is 1. The van der Waals surface area contributed by atoms with Gasteiger partial charge in [0.25, 0.3) is 0 Å². The summed E-state index contributed by atoms with van der Waals surface area (Å²) in [5, 5.41) is 13.4. The van der Waals surface area contributed by atoms with Crippen molar-refractivity contribution in [3.8, 4) is 11.5 Å². The maximum Gasteiger partial charge on any atom is 0.162 e. The Morgan fingerprint density at radius 1 is 1.47 bits per heavy atom. The van der Waals surface area contributed by atoms with E-state index >= 15 is 0 Å². The minimum absolute atomic E-state index is 0.269. The highest BCUT2D eigenvalue weighted by Gasteiger charge is 2.31. The number of hydrogen-bond acceptors (Lipinski definition) is 3. The van der Waals surface area contributed by atoms with Crippen molar-refractivity contribution in [1.29, 1.82) is 0 Å². The molecule has 1 fully saturated rings. The molecule has 2 atom stereocenters. The van der Waals surface area contributed by atoms with E-state index in [0.29, 0.717) is 18.9 Å². The molecule has 3 nitrogen and oxygen atoms in total. The zero-order valence-corrected chi connectivity index (χ0v) is 10.6. The number of nitrogens with one attached hydrogen (secondary N) is 1. The molecule has 0 saturated heterocycles. The number of phenols is 1. The van der Waals surface area contributed by atoms with Crippen LogP contribution in [-0.2, 0) is 6.54 Å². The standard InChI is InChI=1S/C14H21NO2/c1-3-17-13-6-4-5-11(14(13)16)8-15-9-12-7-10(12)2/h4-6,10,12,15-16H,3,7-9H2,1-2H3. The Kier molecular flexibility index (Phi) is 3.89. The predicted molar refractivity (Wildman–Crippen MR) is 68.3 cm³/mol. The van der Waals surface area contributed by atoms with Crippen LogP contribution in [0.3, 0.4) is 0 Å². The maximum atomic E-state index is 9.99. The second-order valence-corrected chi connectivity index (χ2v) is 4.80. The maximum absolute atomic E-state index is 9.99. The smallest absolute Gasteiger partial charge is 0.162 e. The second-order valence-electron chi connectivity index (χ2n) is 4.80. The van der Waals surface area contributed by atoms with Crippen molar-refractivity contribution >= 4 is 0 Å². The van der Waals surface area contributed by atoms with Crippen LogP contribution in [0.25, 0.3) is 0 Å². The monoisotopic (exact) mass is 235 g/mol. The SMILES string of the molecule is CCOc1cccc(CNCC2CC2C)c1O. The lowest BCUT2D eigenvalue weighted by atomic mass is 10.2. The first-order valence-corrected chi connectivity index (χ1v) is 6.36. The molecule has 94 valence electrons. The zero-order valence-electron chi connectivity index (χ0n) is 10.6. The van der Waals surface area contributed by atoms with Crippen molar-refractivity contribution < 1.29 is 9.84 Å². The molecule has 2 unspecified atom stereocenters. The fourth-order valence-corrected chi connectivity index (χ4v) is 2.06. The Morgan fingerprint density at radius 3 is 2.88 bits per heavy atom. The van der Waals surface area contributed by atoms with Crippen molar-refractivity contribution in [1.82, 2.24) is 5.32 Å². The van der Waals surface area contributed by atoms with E-state index in [1.165, 1.54) is 6.42 Å². The van der Waals surface area contributed by atoms with Crippen LogP contribution in [0, 0.1) is 11.8 Å². The largest absolute Gasteiger partial charge is 0.504 e. The van der Waals surface area contributed by atoms with E-state index in [-0.39, 0.29) is 5.75 Å².